The van der Waals surface area contributed by atoms with Crippen molar-refractivity contribution in [1.82, 2.24) is 5.32 Å². The van der Waals surface area contributed by atoms with Gasteiger partial charge in [0.1, 0.15) is 5.75 Å². The van der Waals surface area contributed by atoms with E-state index in [2.05, 4.69) is 10.3 Å². The zero-order chi connectivity index (χ0) is 16.0. The van der Waals surface area contributed by atoms with Crippen molar-refractivity contribution in [2.45, 2.75) is 32.0 Å². The highest BCUT2D eigenvalue weighted by atomic mass is 127. The molecule has 2 rings (SSSR count). The lowest BCUT2D eigenvalue weighted by atomic mass is 9.85. The maximum Gasteiger partial charge on any atom is 0.422 e. The first kappa shape index (κ1) is 19.9. The third-order valence-electron chi connectivity index (χ3n) is 3.53. The first-order chi connectivity index (χ1) is 10.4. The lowest BCUT2D eigenvalue weighted by Crippen LogP contribution is -2.37. The van der Waals surface area contributed by atoms with Crippen LogP contribution in [0.15, 0.2) is 29.3 Å². The number of nitrogens with one attached hydrogen (secondary N) is 1. The molecule has 0 bridgehead atoms. The van der Waals surface area contributed by atoms with Crippen LogP contribution in [0.3, 0.4) is 0 Å². The molecule has 1 aliphatic rings. The van der Waals surface area contributed by atoms with Crippen LogP contribution in [0.4, 0.5) is 13.2 Å². The number of ether oxygens (including phenoxy) is 1. The van der Waals surface area contributed by atoms with Gasteiger partial charge in [0, 0.05) is 6.54 Å². The predicted octanol–water partition coefficient (Wildman–Crippen LogP) is 3.45. The molecule has 0 aliphatic heterocycles. The summed E-state index contributed by atoms with van der Waals surface area (Å²) in [4.78, 5) is 4.18. The number of halogens is 4. The Kier molecular flexibility index (Phi) is 7.93. The van der Waals surface area contributed by atoms with Crippen LogP contribution in [-0.2, 0) is 6.54 Å². The van der Waals surface area contributed by atoms with Gasteiger partial charge in [-0.05, 0) is 36.5 Å². The maximum atomic E-state index is 12.1. The van der Waals surface area contributed by atoms with Crippen molar-refractivity contribution in [3.63, 3.8) is 0 Å². The standard InChI is InChI=1S/C15H20F3N3O.HI/c16-15(17,18)10-22-13-6-2-5-12(7-13)9-21-14(19)20-8-11-3-1-4-11;/h2,5-7,11H,1,3-4,8-10H2,(H3,19,20,21);1H. The Hall–Kier alpha value is -1.19. The third-order valence-corrected chi connectivity index (χ3v) is 3.53. The fourth-order valence-corrected chi connectivity index (χ4v) is 2.08. The van der Waals surface area contributed by atoms with Crippen LogP contribution in [0.25, 0.3) is 0 Å². The Morgan fingerprint density at radius 3 is 2.70 bits per heavy atom. The molecule has 130 valence electrons. The molecule has 0 aromatic heterocycles. The normalized spacial score (nSPS) is 15.5. The van der Waals surface area contributed by atoms with Gasteiger partial charge in [-0.3, -0.25) is 0 Å². The summed E-state index contributed by atoms with van der Waals surface area (Å²) in [7, 11) is 0. The highest BCUT2D eigenvalue weighted by Gasteiger charge is 2.28. The van der Waals surface area contributed by atoms with Gasteiger partial charge >= 0.3 is 6.18 Å². The Bertz CT molecular complexity index is 519. The summed E-state index contributed by atoms with van der Waals surface area (Å²) >= 11 is 0. The van der Waals surface area contributed by atoms with Crippen LogP contribution < -0.4 is 15.8 Å². The van der Waals surface area contributed by atoms with Crippen molar-refractivity contribution in [1.29, 1.82) is 0 Å². The van der Waals surface area contributed by atoms with E-state index >= 15 is 0 Å². The molecular formula is C15H21F3IN3O. The average molecular weight is 443 g/mol. The van der Waals surface area contributed by atoms with Crippen molar-refractivity contribution in [3.05, 3.63) is 29.8 Å². The molecule has 0 saturated heterocycles. The minimum Gasteiger partial charge on any atom is -0.484 e. The number of alkyl halides is 3. The molecule has 1 aromatic rings. The Balaban J connectivity index is 0.00000264. The molecule has 1 fully saturated rings. The van der Waals surface area contributed by atoms with Gasteiger partial charge in [0.15, 0.2) is 12.6 Å². The van der Waals surface area contributed by atoms with E-state index in [1.165, 1.54) is 31.4 Å². The van der Waals surface area contributed by atoms with Crippen LogP contribution in [0.5, 0.6) is 5.75 Å². The topological polar surface area (TPSA) is 59.6 Å². The number of rotatable bonds is 6. The summed E-state index contributed by atoms with van der Waals surface area (Å²) < 4.78 is 41.0. The number of guanidine groups is 1. The summed E-state index contributed by atoms with van der Waals surface area (Å²) in [6.45, 7) is -0.179. The van der Waals surface area contributed by atoms with E-state index in [9.17, 15) is 13.2 Å². The largest absolute Gasteiger partial charge is 0.484 e. The number of benzene rings is 1. The van der Waals surface area contributed by atoms with Gasteiger partial charge in [0.2, 0.25) is 0 Å². The second kappa shape index (κ2) is 9.19. The van der Waals surface area contributed by atoms with E-state index in [4.69, 9.17) is 10.5 Å². The van der Waals surface area contributed by atoms with Gasteiger partial charge in [-0.1, -0.05) is 18.6 Å². The van der Waals surface area contributed by atoms with Crippen LogP contribution in [0.1, 0.15) is 24.8 Å². The fourth-order valence-electron chi connectivity index (χ4n) is 2.08. The van der Waals surface area contributed by atoms with Crippen LogP contribution in [-0.4, -0.2) is 25.3 Å². The second-order valence-electron chi connectivity index (χ2n) is 5.43. The number of hydrogen-bond acceptors (Lipinski definition) is 2. The quantitative estimate of drug-likeness (QED) is 0.403. The Morgan fingerprint density at radius 2 is 2.09 bits per heavy atom. The molecule has 4 nitrogen and oxygen atoms in total. The van der Waals surface area contributed by atoms with Gasteiger partial charge in [0.05, 0.1) is 6.54 Å². The molecule has 8 heteroatoms. The lowest BCUT2D eigenvalue weighted by molar-refractivity contribution is -0.153. The van der Waals surface area contributed by atoms with Crippen LogP contribution in [0.2, 0.25) is 0 Å². The molecule has 1 saturated carbocycles. The molecule has 3 N–H and O–H groups in total. The zero-order valence-corrected chi connectivity index (χ0v) is 14.9. The van der Waals surface area contributed by atoms with Gasteiger partial charge in [-0.25, -0.2) is 4.99 Å². The van der Waals surface area contributed by atoms with Gasteiger partial charge in [0.25, 0.3) is 0 Å². The summed E-state index contributed by atoms with van der Waals surface area (Å²) in [6, 6.07) is 6.42. The minimum atomic E-state index is -4.34. The number of nitrogens with zero attached hydrogens (tertiary/aromatic N) is 1. The van der Waals surface area contributed by atoms with E-state index in [1.807, 2.05) is 0 Å². The van der Waals surface area contributed by atoms with E-state index in [0.29, 0.717) is 18.4 Å². The summed E-state index contributed by atoms with van der Waals surface area (Å²) in [5.74, 6) is 1.20. The van der Waals surface area contributed by atoms with Gasteiger partial charge < -0.3 is 15.8 Å². The molecule has 0 heterocycles. The summed E-state index contributed by atoms with van der Waals surface area (Å²) in [6.07, 6.45) is -0.629. The van der Waals surface area contributed by atoms with Crippen molar-refractivity contribution in [2.24, 2.45) is 16.6 Å². The first-order valence-corrected chi connectivity index (χ1v) is 7.25. The average Bonchev–Trinajstić information content (AvgIpc) is 2.41. The van der Waals surface area contributed by atoms with E-state index in [-0.39, 0.29) is 29.7 Å². The van der Waals surface area contributed by atoms with Crippen LogP contribution in [0, 0.1) is 5.92 Å². The van der Waals surface area contributed by atoms with Crippen molar-refractivity contribution in [3.8, 4) is 5.75 Å². The molecular weight excluding hydrogens is 422 g/mol. The van der Waals surface area contributed by atoms with Gasteiger partial charge in [-0.2, -0.15) is 13.2 Å². The highest BCUT2D eigenvalue weighted by Crippen LogP contribution is 2.25. The van der Waals surface area contributed by atoms with E-state index < -0.39 is 12.8 Å². The smallest absolute Gasteiger partial charge is 0.422 e. The summed E-state index contributed by atoms with van der Waals surface area (Å²) in [5.41, 5.74) is 6.50. The molecule has 0 unspecified atom stereocenters. The Labute approximate surface area is 150 Å². The highest BCUT2D eigenvalue weighted by molar-refractivity contribution is 14.0. The van der Waals surface area contributed by atoms with Crippen molar-refractivity contribution >= 4 is 29.9 Å². The SMILES string of the molecule is I.NC(=NCc1cccc(OCC(F)(F)F)c1)NCC1CCC1. The van der Waals surface area contributed by atoms with Crippen LogP contribution >= 0.6 is 24.0 Å². The molecule has 0 radical (unpaired) electrons. The molecule has 23 heavy (non-hydrogen) atoms. The predicted molar refractivity (Wildman–Crippen MR) is 94.1 cm³/mol. The lowest BCUT2D eigenvalue weighted by Gasteiger charge is -2.25. The number of aliphatic imine (C=N–C) groups is 1. The number of nitrogens with two attached hydrogens (primary N) is 1. The monoisotopic (exact) mass is 443 g/mol. The third kappa shape index (κ3) is 7.76. The second-order valence-corrected chi connectivity index (χ2v) is 5.43. The minimum absolute atomic E-state index is 0. The molecule has 0 spiro atoms. The van der Waals surface area contributed by atoms with Gasteiger partial charge in [-0.15, -0.1) is 24.0 Å². The Morgan fingerprint density at radius 1 is 1.35 bits per heavy atom. The van der Waals surface area contributed by atoms with Crippen molar-refractivity contribution in [2.75, 3.05) is 13.2 Å². The zero-order valence-electron chi connectivity index (χ0n) is 12.6. The molecule has 0 atom stereocenters. The maximum absolute atomic E-state index is 12.1. The van der Waals surface area contributed by atoms with E-state index in [0.717, 1.165) is 12.1 Å². The summed E-state index contributed by atoms with van der Waals surface area (Å²) in [5, 5.41) is 3.06. The van der Waals surface area contributed by atoms with Crippen molar-refractivity contribution < 1.29 is 17.9 Å². The first-order valence-electron chi connectivity index (χ1n) is 7.25. The molecule has 0 amide bonds. The van der Waals surface area contributed by atoms with E-state index in [1.54, 1.807) is 12.1 Å². The fraction of sp³-hybridized carbons (Fsp3) is 0.533. The molecule has 1 aliphatic carbocycles. The molecule has 1 aromatic carbocycles. The number of hydrogen-bond donors (Lipinski definition) is 2.